The molecule has 4 amide bonds. The number of ether oxygens (including phenoxy) is 2. The Bertz CT molecular complexity index is 2370. The van der Waals surface area contributed by atoms with Gasteiger partial charge in [0.25, 0.3) is 0 Å². The highest BCUT2D eigenvalue weighted by Gasteiger charge is 2.40. The van der Waals surface area contributed by atoms with Crippen LogP contribution in [0.5, 0.6) is 0 Å². The van der Waals surface area contributed by atoms with Crippen LogP contribution >= 0.6 is 0 Å². The van der Waals surface area contributed by atoms with Crippen molar-refractivity contribution in [3.8, 4) is 33.6 Å². The van der Waals surface area contributed by atoms with Crippen molar-refractivity contribution in [2.75, 3.05) is 27.3 Å². The molecule has 3 fully saturated rings. The minimum absolute atomic E-state index is 0.0574. The fourth-order valence-electron chi connectivity index (χ4n) is 9.46. The van der Waals surface area contributed by atoms with Crippen molar-refractivity contribution in [2.45, 2.75) is 95.8 Å². The first-order valence-corrected chi connectivity index (χ1v) is 21.7. The van der Waals surface area contributed by atoms with Gasteiger partial charge in [0.1, 0.15) is 23.7 Å². The second kappa shape index (κ2) is 18.2. The lowest BCUT2D eigenvalue weighted by Gasteiger charge is -2.34. The van der Waals surface area contributed by atoms with Crippen molar-refractivity contribution in [1.82, 2.24) is 40.4 Å². The van der Waals surface area contributed by atoms with E-state index in [-0.39, 0.29) is 35.7 Å². The molecule has 0 radical (unpaired) electrons. The van der Waals surface area contributed by atoms with E-state index < -0.39 is 24.3 Å². The van der Waals surface area contributed by atoms with Crippen LogP contribution < -0.4 is 10.6 Å². The predicted molar refractivity (Wildman–Crippen MR) is 232 cm³/mol. The maximum Gasteiger partial charge on any atom is 0.407 e. The number of methoxy groups -OCH3 is 2. The van der Waals surface area contributed by atoms with E-state index in [0.29, 0.717) is 13.1 Å². The number of fused-ring (bicyclic) bond motifs is 1. The van der Waals surface area contributed by atoms with Crippen LogP contribution in [0.4, 0.5) is 9.59 Å². The molecule has 1 saturated carbocycles. The Morgan fingerprint density at radius 1 is 0.623 bits per heavy atom. The number of alkyl carbamates (subject to hydrolysis) is 2. The molecule has 5 aromatic rings. The molecule has 4 heterocycles. The average Bonchev–Trinajstić information content (AvgIpc) is 4.14. The van der Waals surface area contributed by atoms with Gasteiger partial charge in [0.05, 0.1) is 50.1 Å². The van der Waals surface area contributed by atoms with E-state index in [1.54, 1.807) is 0 Å². The molecule has 61 heavy (non-hydrogen) atoms. The largest absolute Gasteiger partial charge is 0.453 e. The molecule has 3 aromatic carbocycles. The maximum atomic E-state index is 14.0. The Kier molecular flexibility index (Phi) is 12.4. The lowest BCUT2D eigenvalue weighted by molar-refractivity contribution is -0.136. The molecule has 2 saturated heterocycles. The maximum absolute atomic E-state index is 14.0. The van der Waals surface area contributed by atoms with Crippen LogP contribution in [0.2, 0.25) is 0 Å². The van der Waals surface area contributed by atoms with E-state index in [4.69, 9.17) is 19.4 Å². The molecular weight excluding hydrogens is 773 g/mol. The topological polar surface area (TPSA) is 175 Å². The van der Waals surface area contributed by atoms with Crippen molar-refractivity contribution >= 4 is 34.8 Å². The number of benzene rings is 3. The molecule has 4 atom stereocenters. The number of aromatic nitrogens is 4. The Morgan fingerprint density at radius 2 is 1.13 bits per heavy atom. The highest BCUT2D eigenvalue weighted by molar-refractivity contribution is 5.91. The second-order valence-electron chi connectivity index (χ2n) is 17.0. The van der Waals surface area contributed by atoms with Gasteiger partial charge in [-0.25, -0.2) is 19.6 Å². The lowest BCUT2D eigenvalue weighted by Crippen LogP contribution is -2.52. The molecule has 14 heteroatoms. The van der Waals surface area contributed by atoms with Crippen molar-refractivity contribution in [1.29, 1.82) is 0 Å². The molecule has 3 aliphatic rings. The number of rotatable bonds is 11. The number of amides is 4. The zero-order valence-corrected chi connectivity index (χ0v) is 35.4. The highest BCUT2D eigenvalue weighted by Crippen LogP contribution is 2.37. The first-order valence-electron chi connectivity index (χ1n) is 21.7. The number of H-pyrrole nitrogens is 2. The zero-order valence-electron chi connectivity index (χ0n) is 35.4. The minimum Gasteiger partial charge on any atom is -0.453 e. The summed E-state index contributed by atoms with van der Waals surface area (Å²) in [7, 11) is 2.63. The number of likely N-dealkylation sites (tertiary alicyclic amines) is 2. The van der Waals surface area contributed by atoms with Crippen molar-refractivity contribution in [3.63, 3.8) is 0 Å². The first kappa shape index (κ1) is 41.5. The van der Waals surface area contributed by atoms with E-state index in [1.807, 2.05) is 36.0 Å². The molecule has 4 N–H and O–H groups in total. The van der Waals surface area contributed by atoms with Gasteiger partial charge in [-0.15, -0.1) is 0 Å². The molecule has 8 rings (SSSR count). The summed E-state index contributed by atoms with van der Waals surface area (Å²) in [6, 6.07) is 19.5. The van der Waals surface area contributed by atoms with Gasteiger partial charge in [0.2, 0.25) is 11.8 Å². The van der Waals surface area contributed by atoms with Gasteiger partial charge in [-0.05, 0) is 90.0 Å². The summed E-state index contributed by atoms with van der Waals surface area (Å²) < 4.78 is 9.68. The summed E-state index contributed by atoms with van der Waals surface area (Å²) in [6.07, 6.45) is 10.9. The number of imidazole rings is 2. The van der Waals surface area contributed by atoms with Gasteiger partial charge >= 0.3 is 12.2 Å². The Labute approximate surface area is 356 Å². The molecular formula is C47H56N8O6. The fourth-order valence-corrected chi connectivity index (χ4v) is 9.46. The molecule has 2 aromatic heterocycles. The van der Waals surface area contributed by atoms with E-state index >= 15 is 0 Å². The summed E-state index contributed by atoms with van der Waals surface area (Å²) in [5.74, 6) is 1.29. The minimum atomic E-state index is -0.687. The van der Waals surface area contributed by atoms with Crippen molar-refractivity contribution < 1.29 is 28.7 Å². The normalized spacial score (nSPS) is 19.2. The number of hydrogen-bond acceptors (Lipinski definition) is 8. The van der Waals surface area contributed by atoms with Crippen LogP contribution in [0.3, 0.4) is 0 Å². The molecule has 0 bridgehead atoms. The van der Waals surface area contributed by atoms with Gasteiger partial charge in [0, 0.05) is 18.7 Å². The predicted octanol–water partition coefficient (Wildman–Crippen LogP) is 8.30. The Hall–Kier alpha value is -6.18. The fraction of sp³-hybridized carbons (Fsp3) is 0.447. The first-order chi connectivity index (χ1) is 29.6. The smallest absolute Gasteiger partial charge is 0.407 e. The number of carbonyl (C=O) groups is 4. The summed E-state index contributed by atoms with van der Waals surface area (Å²) in [5.41, 5.74) is 5.94. The van der Waals surface area contributed by atoms with Gasteiger partial charge in [0.15, 0.2) is 0 Å². The Morgan fingerprint density at radius 3 is 1.72 bits per heavy atom. The summed E-state index contributed by atoms with van der Waals surface area (Å²) in [5, 5.41) is 7.78. The molecule has 0 spiro atoms. The number of carbonyl (C=O) groups excluding carboxylic acids is 4. The van der Waals surface area contributed by atoms with Crippen LogP contribution in [0, 0.1) is 11.8 Å². The summed E-state index contributed by atoms with van der Waals surface area (Å²) in [4.78, 5) is 72.1. The monoisotopic (exact) mass is 828 g/mol. The molecule has 14 nitrogen and oxygen atoms in total. The standard InChI is InChI=1S/C47H56N8O6/c1-28(2)40(52-46(58)60-3)44(56)54-22-8-12-38(54)43-49-27-37(51-43)35-21-20-33-24-32(18-19-34(33)25-35)29-14-16-30(17-15-29)36-26-48-42(50-36)39-13-9-23-55(39)45(57)41(53-47(59)61-4)31-10-6-5-7-11-31/h14-21,24-28,31,38-41H,5-13,22-23H2,1-4H3,(H,48,50)(H,49,51)(H,52,58)(H,53,59)/t38-,39-,40?,41?/m0/s1. The quantitative estimate of drug-likeness (QED) is 0.103. The van der Waals surface area contributed by atoms with Gasteiger partial charge in [-0.3, -0.25) is 9.59 Å². The van der Waals surface area contributed by atoms with Crippen LogP contribution in [0.1, 0.15) is 95.4 Å². The van der Waals surface area contributed by atoms with Crippen LogP contribution in [-0.2, 0) is 19.1 Å². The van der Waals surface area contributed by atoms with E-state index in [9.17, 15) is 19.2 Å². The molecule has 2 aliphatic heterocycles. The van der Waals surface area contributed by atoms with Crippen molar-refractivity contribution in [3.05, 3.63) is 84.7 Å². The van der Waals surface area contributed by atoms with Crippen LogP contribution in [-0.4, -0.2) is 93.1 Å². The third-order valence-corrected chi connectivity index (χ3v) is 12.8. The molecule has 2 unspecified atom stereocenters. The van der Waals surface area contributed by atoms with Gasteiger partial charge in [-0.2, -0.15) is 0 Å². The summed E-state index contributed by atoms with van der Waals surface area (Å²) >= 11 is 0. The second-order valence-corrected chi connectivity index (χ2v) is 17.0. The van der Waals surface area contributed by atoms with Gasteiger partial charge in [-0.1, -0.05) is 81.6 Å². The van der Waals surface area contributed by atoms with E-state index in [2.05, 4.69) is 81.3 Å². The average molecular weight is 829 g/mol. The number of nitrogens with zero attached hydrogens (tertiary/aromatic N) is 4. The molecule has 1 aliphatic carbocycles. The van der Waals surface area contributed by atoms with Crippen molar-refractivity contribution in [2.24, 2.45) is 11.8 Å². The third-order valence-electron chi connectivity index (χ3n) is 12.8. The van der Waals surface area contributed by atoms with Crippen LogP contribution in [0.15, 0.2) is 73.1 Å². The molecule has 320 valence electrons. The number of aromatic amines is 2. The van der Waals surface area contributed by atoms with Crippen LogP contribution in [0.25, 0.3) is 44.4 Å². The number of hydrogen-bond donors (Lipinski definition) is 4. The highest BCUT2D eigenvalue weighted by atomic mass is 16.5. The SMILES string of the molecule is COC(=O)NC(C(=O)N1CCC[C@H]1c1ncc(-c2ccc3cc(-c4ccc(-c5cnc([C@@H]6CCCN6C(=O)C(NC(=O)OC)C6CCCCC6)[nH]5)cc4)ccc3c2)[nH]1)C(C)C. The zero-order chi connectivity index (χ0) is 42.6. The van der Waals surface area contributed by atoms with Gasteiger partial charge < -0.3 is 39.9 Å². The Balaban J connectivity index is 0.935. The lowest BCUT2D eigenvalue weighted by atomic mass is 9.83. The third kappa shape index (κ3) is 8.85. The summed E-state index contributed by atoms with van der Waals surface area (Å²) in [6.45, 7) is 5.03. The number of nitrogens with one attached hydrogen (secondary N) is 4. The van der Waals surface area contributed by atoms with E-state index in [1.165, 1.54) is 14.2 Å². The van der Waals surface area contributed by atoms with E-state index in [0.717, 1.165) is 114 Å².